The molecule has 3 heteroatoms. The van der Waals surface area contributed by atoms with Gasteiger partial charge >= 0.3 is 0 Å². The molecule has 0 spiro atoms. The van der Waals surface area contributed by atoms with E-state index >= 15 is 0 Å². The van der Waals surface area contributed by atoms with Crippen LogP contribution in [0.1, 0.15) is 25.5 Å². The highest BCUT2D eigenvalue weighted by atomic mass is 35.5. The second kappa shape index (κ2) is 6.48. The fraction of sp³-hybridized carbons (Fsp3) is 0.250. The standard InChI is InChI=1S/C16H18ClNO/c1-3-19-16-11-7-6-10-15(16)18-12(2)13-8-4-5-9-14(13)17/h4-12,18H,3H2,1-2H3. The Kier molecular flexibility index (Phi) is 4.69. The third kappa shape index (κ3) is 3.42. The summed E-state index contributed by atoms with van der Waals surface area (Å²) in [6, 6.07) is 15.9. The molecule has 0 aliphatic carbocycles. The van der Waals surface area contributed by atoms with Gasteiger partial charge in [-0.15, -0.1) is 0 Å². The number of hydrogen-bond donors (Lipinski definition) is 1. The van der Waals surface area contributed by atoms with Crippen LogP contribution in [0.4, 0.5) is 5.69 Å². The van der Waals surface area contributed by atoms with Gasteiger partial charge in [0, 0.05) is 5.02 Å². The zero-order valence-electron chi connectivity index (χ0n) is 11.2. The highest BCUT2D eigenvalue weighted by Gasteiger charge is 2.11. The monoisotopic (exact) mass is 275 g/mol. The topological polar surface area (TPSA) is 21.3 Å². The van der Waals surface area contributed by atoms with E-state index in [4.69, 9.17) is 16.3 Å². The molecule has 0 saturated heterocycles. The van der Waals surface area contributed by atoms with Crippen molar-refractivity contribution in [3.05, 3.63) is 59.1 Å². The summed E-state index contributed by atoms with van der Waals surface area (Å²) in [5, 5.41) is 4.22. The highest BCUT2D eigenvalue weighted by Crippen LogP contribution is 2.30. The molecule has 0 bridgehead atoms. The maximum Gasteiger partial charge on any atom is 0.142 e. The minimum Gasteiger partial charge on any atom is -0.492 e. The lowest BCUT2D eigenvalue weighted by Gasteiger charge is -2.19. The van der Waals surface area contributed by atoms with E-state index in [1.165, 1.54) is 0 Å². The Balaban J connectivity index is 2.19. The van der Waals surface area contributed by atoms with Crippen molar-refractivity contribution >= 4 is 17.3 Å². The molecule has 2 nitrogen and oxygen atoms in total. The number of hydrogen-bond acceptors (Lipinski definition) is 2. The van der Waals surface area contributed by atoms with Gasteiger partial charge in [0.1, 0.15) is 5.75 Å². The smallest absolute Gasteiger partial charge is 0.142 e. The Morgan fingerprint density at radius 1 is 1.11 bits per heavy atom. The molecule has 0 aliphatic rings. The molecular weight excluding hydrogens is 258 g/mol. The molecule has 2 rings (SSSR count). The fourth-order valence-corrected chi connectivity index (χ4v) is 2.30. The van der Waals surface area contributed by atoms with E-state index < -0.39 is 0 Å². The zero-order chi connectivity index (χ0) is 13.7. The molecule has 1 unspecified atom stereocenters. The second-order valence-corrected chi connectivity index (χ2v) is 4.72. The van der Waals surface area contributed by atoms with Crippen molar-refractivity contribution in [1.82, 2.24) is 0 Å². The van der Waals surface area contributed by atoms with Gasteiger partial charge in [-0.3, -0.25) is 0 Å². The summed E-state index contributed by atoms with van der Waals surface area (Å²) in [4.78, 5) is 0. The number of benzene rings is 2. The van der Waals surface area contributed by atoms with Crippen molar-refractivity contribution in [3.8, 4) is 5.75 Å². The van der Waals surface area contributed by atoms with Crippen LogP contribution in [0.3, 0.4) is 0 Å². The Labute approximate surface area is 119 Å². The van der Waals surface area contributed by atoms with Crippen LogP contribution >= 0.6 is 11.6 Å². The average molecular weight is 276 g/mol. The van der Waals surface area contributed by atoms with E-state index in [0.717, 1.165) is 22.0 Å². The maximum absolute atomic E-state index is 6.22. The summed E-state index contributed by atoms with van der Waals surface area (Å²) >= 11 is 6.22. The van der Waals surface area contributed by atoms with Crippen LogP contribution in [0, 0.1) is 0 Å². The molecule has 19 heavy (non-hydrogen) atoms. The zero-order valence-corrected chi connectivity index (χ0v) is 11.9. The van der Waals surface area contributed by atoms with Crippen LogP contribution in [0.15, 0.2) is 48.5 Å². The fourth-order valence-electron chi connectivity index (χ4n) is 2.00. The molecule has 0 fully saturated rings. The number of anilines is 1. The average Bonchev–Trinajstić information content (AvgIpc) is 2.41. The van der Waals surface area contributed by atoms with E-state index in [2.05, 4.69) is 12.2 Å². The summed E-state index contributed by atoms with van der Waals surface area (Å²) in [6.07, 6.45) is 0. The summed E-state index contributed by atoms with van der Waals surface area (Å²) in [5.74, 6) is 0.865. The van der Waals surface area contributed by atoms with Gasteiger partial charge in [-0.05, 0) is 37.6 Å². The first-order valence-corrected chi connectivity index (χ1v) is 6.83. The van der Waals surface area contributed by atoms with E-state index in [1.54, 1.807) is 0 Å². The molecule has 100 valence electrons. The molecule has 1 N–H and O–H groups in total. The van der Waals surface area contributed by atoms with Gasteiger partial charge in [0.15, 0.2) is 0 Å². The van der Waals surface area contributed by atoms with Crippen LogP contribution in [0.2, 0.25) is 5.02 Å². The third-order valence-electron chi connectivity index (χ3n) is 2.93. The number of para-hydroxylation sites is 2. The predicted octanol–water partition coefficient (Wildman–Crippen LogP) is 4.91. The second-order valence-electron chi connectivity index (χ2n) is 4.32. The number of halogens is 1. The largest absolute Gasteiger partial charge is 0.492 e. The van der Waals surface area contributed by atoms with E-state index in [-0.39, 0.29) is 6.04 Å². The first kappa shape index (κ1) is 13.8. The minimum atomic E-state index is 0.121. The number of rotatable bonds is 5. The first-order valence-electron chi connectivity index (χ1n) is 6.45. The van der Waals surface area contributed by atoms with E-state index in [0.29, 0.717) is 6.61 Å². The Bertz CT molecular complexity index is 542. The normalized spacial score (nSPS) is 11.9. The molecule has 0 aliphatic heterocycles. The Morgan fingerprint density at radius 2 is 1.79 bits per heavy atom. The molecule has 1 atom stereocenters. The molecule has 0 amide bonds. The quantitative estimate of drug-likeness (QED) is 0.837. The van der Waals surface area contributed by atoms with Crippen molar-refractivity contribution in [3.63, 3.8) is 0 Å². The lowest BCUT2D eigenvalue weighted by molar-refractivity contribution is 0.341. The van der Waals surface area contributed by atoms with Gasteiger partial charge < -0.3 is 10.1 Å². The van der Waals surface area contributed by atoms with Crippen molar-refractivity contribution in [2.24, 2.45) is 0 Å². The summed E-state index contributed by atoms with van der Waals surface area (Å²) in [7, 11) is 0. The summed E-state index contributed by atoms with van der Waals surface area (Å²) in [6.45, 7) is 4.72. The van der Waals surface area contributed by atoms with E-state index in [9.17, 15) is 0 Å². The highest BCUT2D eigenvalue weighted by molar-refractivity contribution is 6.31. The molecule has 2 aromatic rings. The van der Waals surface area contributed by atoms with Crippen molar-refractivity contribution in [2.75, 3.05) is 11.9 Å². The SMILES string of the molecule is CCOc1ccccc1NC(C)c1ccccc1Cl. The summed E-state index contributed by atoms with van der Waals surface area (Å²) < 4.78 is 5.61. The first-order chi connectivity index (χ1) is 9.22. The lowest BCUT2D eigenvalue weighted by Crippen LogP contribution is -2.08. The van der Waals surface area contributed by atoms with Gasteiger partial charge in [0.05, 0.1) is 18.3 Å². The predicted molar refractivity (Wildman–Crippen MR) is 81.1 cm³/mol. The van der Waals surface area contributed by atoms with Crippen molar-refractivity contribution < 1.29 is 4.74 Å². The number of ether oxygens (including phenoxy) is 1. The van der Waals surface area contributed by atoms with E-state index in [1.807, 2.05) is 55.5 Å². The number of nitrogens with one attached hydrogen (secondary N) is 1. The molecular formula is C16H18ClNO. The maximum atomic E-state index is 6.22. The molecule has 0 heterocycles. The molecule has 0 aromatic heterocycles. The van der Waals surface area contributed by atoms with Crippen molar-refractivity contribution in [2.45, 2.75) is 19.9 Å². The molecule has 2 aromatic carbocycles. The Hall–Kier alpha value is -1.67. The van der Waals surface area contributed by atoms with Crippen molar-refractivity contribution in [1.29, 1.82) is 0 Å². The third-order valence-corrected chi connectivity index (χ3v) is 3.27. The van der Waals surface area contributed by atoms with Crippen LogP contribution < -0.4 is 10.1 Å². The van der Waals surface area contributed by atoms with Gasteiger partial charge in [0.2, 0.25) is 0 Å². The van der Waals surface area contributed by atoms with Gasteiger partial charge in [-0.2, -0.15) is 0 Å². The Morgan fingerprint density at radius 3 is 2.53 bits per heavy atom. The minimum absolute atomic E-state index is 0.121. The van der Waals surface area contributed by atoms with Gasteiger partial charge in [-0.25, -0.2) is 0 Å². The summed E-state index contributed by atoms with van der Waals surface area (Å²) in [5.41, 5.74) is 2.06. The van der Waals surface area contributed by atoms with Crippen LogP contribution in [0.5, 0.6) is 5.75 Å². The van der Waals surface area contributed by atoms with Crippen LogP contribution in [0.25, 0.3) is 0 Å². The molecule has 0 radical (unpaired) electrons. The molecule has 0 saturated carbocycles. The van der Waals surface area contributed by atoms with Crippen LogP contribution in [-0.4, -0.2) is 6.61 Å². The van der Waals surface area contributed by atoms with Gasteiger partial charge in [0.25, 0.3) is 0 Å². The van der Waals surface area contributed by atoms with Gasteiger partial charge in [-0.1, -0.05) is 41.9 Å². The lowest BCUT2D eigenvalue weighted by atomic mass is 10.1. The van der Waals surface area contributed by atoms with Crippen LogP contribution in [-0.2, 0) is 0 Å².